The number of ether oxygens (including phenoxy) is 2. The molecule has 1 saturated heterocycles. The van der Waals surface area contributed by atoms with Gasteiger partial charge < -0.3 is 29.8 Å². The summed E-state index contributed by atoms with van der Waals surface area (Å²) < 4.78 is 23.3. The molecule has 0 spiro atoms. The van der Waals surface area contributed by atoms with E-state index < -0.39 is 29.4 Å². The molecule has 1 aliphatic heterocycles. The second kappa shape index (κ2) is 9.32. The molecule has 0 aliphatic carbocycles. The Labute approximate surface area is 198 Å². The number of nitrogens with zero attached hydrogens (tertiary/aromatic N) is 1. The van der Waals surface area contributed by atoms with Crippen LogP contribution in [0.2, 0.25) is 5.02 Å². The molecule has 2 amide bonds. The topological polar surface area (TPSA) is 121 Å². The van der Waals surface area contributed by atoms with Crippen molar-refractivity contribution in [1.29, 1.82) is 0 Å². The van der Waals surface area contributed by atoms with Crippen molar-refractivity contribution in [3.63, 3.8) is 0 Å². The number of aliphatic hydroxyl groups is 1. The zero-order chi connectivity index (χ0) is 24.5. The highest BCUT2D eigenvalue weighted by Crippen LogP contribution is 2.32. The normalized spacial score (nSPS) is 17.8. The van der Waals surface area contributed by atoms with Gasteiger partial charge in [0.2, 0.25) is 11.5 Å². The molecule has 1 aliphatic rings. The van der Waals surface area contributed by atoms with Crippen molar-refractivity contribution in [2.24, 2.45) is 0 Å². The number of carbonyl (C=O) groups is 3. The number of H-pyrrole nitrogens is 1. The van der Waals surface area contributed by atoms with Crippen LogP contribution < -0.4 is 15.0 Å². The van der Waals surface area contributed by atoms with E-state index >= 15 is 0 Å². The van der Waals surface area contributed by atoms with Gasteiger partial charge in [-0.2, -0.15) is 0 Å². The molecule has 4 rings (SSSR count). The molecular formula is C23H21ClFN3O6. The third kappa shape index (κ3) is 4.68. The standard InChI is InChI=1S/C23H21ClFN3O6/c1-2-33-22(31)34-19-10-14-9-17(3-4-18(14)27-19)28-6-5-23(32,21(28)30)20(29)26-12-13-7-15(24)11-16(25)8-13/h3-4,7-11,27,32H,2,5-6,12H2,1H3,(H,26,29). The first-order valence-corrected chi connectivity index (χ1v) is 10.8. The van der Waals surface area contributed by atoms with Gasteiger partial charge in [0.05, 0.1) is 6.61 Å². The van der Waals surface area contributed by atoms with Crippen LogP contribution in [-0.4, -0.2) is 46.8 Å². The quantitative estimate of drug-likeness (QED) is 0.361. The fourth-order valence-corrected chi connectivity index (χ4v) is 4.00. The number of nitrogens with one attached hydrogen (secondary N) is 2. The number of hydrogen-bond acceptors (Lipinski definition) is 6. The second-order valence-corrected chi connectivity index (χ2v) is 8.15. The van der Waals surface area contributed by atoms with Gasteiger partial charge >= 0.3 is 6.16 Å². The summed E-state index contributed by atoms with van der Waals surface area (Å²) in [6.07, 6.45) is -0.968. The van der Waals surface area contributed by atoms with Crippen molar-refractivity contribution in [3.05, 3.63) is 58.9 Å². The lowest BCUT2D eigenvalue weighted by Gasteiger charge is -2.22. The van der Waals surface area contributed by atoms with Gasteiger partial charge in [0.1, 0.15) is 5.82 Å². The Morgan fingerprint density at radius 2 is 2.06 bits per heavy atom. The summed E-state index contributed by atoms with van der Waals surface area (Å²) in [6.45, 7) is 1.83. The Kier molecular flexibility index (Phi) is 6.45. The van der Waals surface area contributed by atoms with Crippen LogP contribution in [0, 0.1) is 5.82 Å². The minimum Gasteiger partial charge on any atom is -0.434 e. The summed E-state index contributed by atoms with van der Waals surface area (Å²) in [5.74, 6) is -2.05. The third-order valence-corrected chi connectivity index (χ3v) is 5.61. The van der Waals surface area contributed by atoms with E-state index in [1.165, 1.54) is 17.0 Å². The van der Waals surface area contributed by atoms with Crippen LogP contribution in [0.1, 0.15) is 18.9 Å². The third-order valence-electron chi connectivity index (χ3n) is 5.39. The molecule has 3 aromatic rings. The summed E-state index contributed by atoms with van der Waals surface area (Å²) in [7, 11) is 0. The molecule has 1 atom stereocenters. The van der Waals surface area contributed by atoms with Gasteiger partial charge in [0, 0.05) is 47.2 Å². The van der Waals surface area contributed by atoms with Crippen LogP contribution >= 0.6 is 11.6 Å². The number of benzene rings is 2. The van der Waals surface area contributed by atoms with Crippen LogP contribution in [0.15, 0.2) is 42.5 Å². The van der Waals surface area contributed by atoms with Crippen LogP contribution in [0.4, 0.5) is 14.9 Å². The lowest BCUT2D eigenvalue weighted by molar-refractivity contribution is -0.149. The molecule has 1 aromatic heterocycles. The Balaban J connectivity index is 1.47. The number of aromatic nitrogens is 1. The molecular weight excluding hydrogens is 469 g/mol. The molecule has 0 radical (unpaired) electrons. The highest BCUT2D eigenvalue weighted by atomic mass is 35.5. The first kappa shape index (κ1) is 23.5. The Bertz CT molecular complexity index is 1260. The van der Waals surface area contributed by atoms with Crippen LogP contribution in [0.5, 0.6) is 5.88 Å². The summed E-state index contributed by atoms with van der Waals surface area (Å²) >= 11 is 5.82. The molecule has 0 bridgehead atoms. The van der Waals surface area contributed by atoms with Crippen molar-refractivity contribution < 1.29 is 33.4 Å². The van der Waals surface area contributed by atoms with Crippen molar-refractivity contribution in [2.45, 2.75) is 25.5 Å². The minimum absolute atomic E-state index is 0.107. The zero-order valence-electron chi connectivity index (χ0n) is 18.1. The van der Waals surface area contributed by atoms with Gasteiger partial charge in [-0.1, -0.05) is 11.6 Å². The minimum atomic E-state index is -2.26. The molecule has 9 nitrogen and oxygen atoms in total. The lowest BCUT2D eigenvalue weighted by atomic mass is 10.0. The predicted molar refractivity (Wildman–Crippen MR) is 121 cm³/mol. The summed E-state index contributed by atoms with van der Waals surface area (Å²) in [5.41, 5.74) is -0.762. The number of amides is 2. The lowest BCUT2D eigenvalue weighted by Crippen LogP contribution is -2.52. The van der Waals surface area contributed by atoms with E-state index in [0.717, 1.165) is 6.07 Å². The van der Waals surface area contributed by atoms with Gasteiger partial charge in [-0.3, -0.25) is 9.59 Å². The number of carbonyl (C=O) groups excluding carboxylic acids is 3. The number of hydrogen-bond donors (Lipinski definition) is 3. The van der Waals surface area contributed by atoms with E-state index in [2.05, 4.69) is 10.3 Å². The number of aromatic amines is 1. The molecule has 34 heavy (non-hydrogen) atoms. The number of rotatable bonds is 6. The monoisotopic (exact) mass is 489 g/mol. The van der Waals surface area contributed by atoms with Crippen molar-refractivity contribution >= 4 is 46.2 Å². The van der Waals surface area contributed by atoms with E-state index in [1.807, 2.05) is 0 Å². The van der Waals surface area contributed by atoms with Crippen LogP contribution in [-0.2, 0) is 20.9 Å². The van der Waals surface area contributed by atoms with Crippen molar-refractivity contribution in [1.82, 2.24) is 10.3 Å². The maximum Gasteiger partial charge on any atom is 0.515 e. The number of fused-ring (bicyclic) bond motifs is 1. The molecule has 0 saturated carbocycles. The van der Waals surface area contributed by atoms with Crippen LogP contribution in [0.25, 0.3) is 10.9 Å². The molecule has 1 fully saturated rings. The highest BCUT2D eigenvalue weighted by molar-refractivity contribution is 6.30. The second-order valence-electron chi connectivity index (χ2n) is 7.72. The average molecular weight is 490 g/mol. The molecule has 2 heterocycles. The maximum absolute atomic E-state index is 13.5. The fourth-order valence-electron chi connectivity index (χ4n) is 3.76. The smallest absolute Gasteiger partial charge is 0.434 e. The Hall–Kier alpha value is -3.63. The van der Waals surface area contributed by atoms with Gasteiger partial charge in [-0.15, -0.1) is 0 Å². The predicted octanol–water partition coefficient (Wildman–Crippen LogP) is 3.28. The number of anilines is 1. The van der Waals surface area contributed by atoms with Crippen molar-refractivity contribution in [3.8, 4) is 5.88 Å². The molecule has 11 heteroatoms. The summed E-state index contributed by atoms with van der Waals surface area (Å²) in [4.78, 5) is 41.4. The van der Waals surface area contributed by atoms with E-state index in [4.69, 9.17) is 21.1 Å². The molecule has 178 valence electrons. The first-order valence-electron chi connectivity index (χ1n) is 10.4. The first-order chi connectivity index (χ1) is 16.2. The van der Waals surface area contributed by atoms with E-state index in [0.29, 0.717) is 22.2 Å². The summed E-state index contributed by atoms with van der Waals surface area (Å²) in [5, 5.41) is 14.1. The highest BCUT2D eigenvalue weighted by Gasteiger charge is 2.51. The largest absolute Gasteiger partial charge is 0.515 e. The van der Waals surface area contributed by atoms with Gasteiger partial charge in [-0.05, 0) is 48.9 Å². The van der Waals surface area contributed by atoms with E-state index in [-0.39, 0.29) is 37.0 Å². The molecule has 1 unspecified atom stereocenters. The fraction of sp³-hybridized carbons (Fsp3) is 0.261. The molecule has 3 N–H and O–H groups in total. The summed E-state index contributed by atoms with van der Waals surface area (Å²) in [6, 6.07) is 10.4. The Morgan fingerprint density at radius 3 is 2.79 bits per heavy atom. The van der Waals surface area contributed by atoms with E-state index in [9.17, 15) is 23.9 Å². The average Bonchev–Trinajstić information content (AvgIpc) is 3.31. The van der Waals surface area contributed by atoms with Gasteiger partial charge in [-0.25, -0.2) is 9.18 Å². The molecule has 2 aromatic carbocycles. The zero-order valence-corrected chi connectivity index (χ0v) is 18.8. The van der Waals surface area contributed by atoms with Crippen molar-refractivity contribution in [2.75, 3.05) is 18.1 Å². The van der Waals surface area contributed by atoms with Gasteiger partial charge in [0.15, 0.2) is 0 Å². The number of halogens is 2. The maximum atomic E-state index is 13.5. The SMILES string of the molecule is CCOC(=O)Oc1cc2cc(N3CCC(O)(C(=O)NCc4cc(F)cc(Cl)c4)C3=O)ccc2[nH]1. The van der Waals surface area contributed by atoms with Crippen LogP contribution in [0.3, 0.4) is 0 Å². The van der Waals surface area contributed by atoms with E-state index in [1.54, 1.807) is 31.2 Å². The van der Waals surface area contributed by atoms with Gasteiger partial charge in [0.25, 0.3) is 11.8 Å². The Morgan fingerprint density at radius 1 is 1.26 bits per heavy atom.